The highest BCUT2D eigenvalue weighted by molar-refractivity contribution is 7.71. The average Bonchev–Trinajstić information content (AvgIpc) is 2.65. The summed E-state index contributed by atoms with van der Waals surface area (Å²) in [7, 11) is 0. The molecule has 0 bridgehead atoms. The standard InChI is InChI=1S/C18H16ClN3O3S/c19-14-9-12(10-17(23)22-5-7-24-8-6-22)1-2-16(14)25-15-3-4-21-18(26)13(15)11-20/h1-4,9H,5-8,10H2,(H,21,26). The smallest absolute Gasteiger partial charge is 0.227 e. The van der Waals surface area contributed by atoms with E-state index in [0.29, 0.717) is 47.5 Å². The van der Waals surface area contributed by atoms with E-state index >= 15 is 0 Å². The quantitative estimate of drug-likeness (QED) is 0.810. The Balaban J connectivity index is 1.74. The Morgan fingerprint density at radius 1 is 1.35 bits per heavy atom. The number of pyridine rings is 1. The third-order valence-electron chi connectivity index (χ3n) is 3.97. The summed E-state index contributed by atoms with van der Waals surface area (Å²) in [5, 5.41) is 9.57. The summed E-state index contributed by atoms with van der Waals surface area (Å²) in [4.78, 5) is 16.9. The molecule has 1 saturated heterocycles. The highest BCUT2D eigenvalue weighted by Crippen LogP contribution is 2.32. The summed E-state index contributed by atoms with van der Waals surface area (Å²) < 4.78 is 11.3. The van der Waals surface area contributed by atoms with Crippen LogP contribution in [0.3, 0.4) is 0 Å². The molecular weight excluding hydrogens is 374 g/mol. The van der Waals surface area contributed by atoms with Gasteiger partial charge in [0, 0.05) is 19.3 Å². The van der Waals surface area contributed by atoms with Crippen molar-refractivity contribution in [3.05, 3.63) is 51.3 Å². The molecule has 6 nitrogen and oxygen atoms in total. The van der Waals surface area contributed by atoms with Crippen molar-refractivity contribution >= 4 is 29.7 Å². The SMILES string of the molecule is N#Cc1c(Oc2ccc(CC(=O)N3CCOCC3)cc2Cl)cc[nH]c1=S. The molecule has 26 heavy (non-hydrogen) atoms. The lowest BCUT2D eigenvalue weighted by Crippen LogP contribution is -2.41. The molecule has 0 aliphatic carbocycles. The number of amides is 1. The first-order valence-corrected chi connectivity index (χ1v) is 8.80. The van der Waals surface area contributed by atoms with Crippen LogP contribution in [0.25, 0.3) is 0 Å². The van der Waals surface area contributed by atoms with Crippen LogP contribution in [-0.2, 0) is 16.0 Å². The third-order valence-corrected chi connectivity index (χ3v) is 4.59. The van der Waals surface area contributed by atoms with Gasteiger partial charge in [-0.1, -0.05) is 29.9 Å². The van der Waals surface area contributed by atoms with Crippen molar-refractivity contribution < 1.29 is 14.3 Å². The number of nitrogens with one attached hydrogen (secondary N) is 1. The molecule has 1 aromatic carbocycles. The number of benzene rings is 1. The molecule has 2 heterocycles. The second-order valence-corrected chi connectivity index (χ2v) is 6.51. The zero-order valence-corrected chi connectivity index (χ0v) is 15.4. The van der Waals surface area contributed by atoms with E-state index in [4.69, 9.17) is 33.3 Å². The van der Waals surface area contributed by atoms with E-state index in [0.717, 1.165) is 5.56 Å². The van der Waals surface area contributed by atoms with Crippen molar-refractivity contribution in [1.82, 2.24) is 9.88 Å². The van der Waals surface area contributed by atoms with Gasteiger partial charge in [0.15, 0.2) is 0 Å². The van der Waals surface area contributed by atoms with Gasteiger partial charge in [-0.3, -0.25) is 4.79 Å². The molecule has 1 aliphatic heterocycles. The van der Waals surface area contributed by atoms with Gasteiger partial charge in [0.05, 0.1) is 24.7 Å². The molecule has 134 valence electrons. The average molecular weight is 390 g/mol. The molecule has 1 aromatic heterocycles. The zero-order chi connectivity index (χ0) is 18.5. The van der Waals surface area contributed by atoms with Crippen LogP contribution >= 0.6 is 23.8 Å². The molecule has 0 spiro atoms. The maximum absolute atomic E-state index is 12.3. The molecule has 2 aromatic rings. The Morgan fingerprint density at radius 2 is 2.12 bits per heavy atom. The van der Waals surface area contributed by atoms with Gasteiger partial charge in [0.2, 0.25) is 5.91 Å². The number of aromatic amines is 1. The van der Waals surface area contributed by atoms with E-state index in [1.807, 2.05) is 6.07 Å². The largest absolute Gasteiger partial charge is 0.454 e. The normalized spacial score (nSPS) is 13.9. The fraction of sp³-hybridized carbons (Fsp3) is 0.278. The van der Waals surface area contributed by atoms with Gasteiger partial charge < -0.3 is 19.4 Å². The van der Waals surface area contributed by atoms with Crippen molar-refractivity contribution in [3.8, 4) is 17.6 Å². The van der Waals surface area contributed by atoms with Gasteiger partial charge in [0.1, 0.15) is 27.8 Å². The van der Waals surface area contributed by atoms with Crippen LogP contribution < -0.4 is 4.74 Å². The first-order chi connectivity index (χ1) is 12.6. The van der Waals surface area contributed by atoms with Crippen LogP contribution in [-0.4, -0.2) is 42.1 Å². The van der Waals surface area contributed by atoms with Crippen LogP contribution in [0.15, 0.2) is 30.5 Å². The number of nitriles is 1. The second kappa shape index (κ2) is 8.32. The maximum Gasteiger partial charge on any atom is 0.227 e. The number of ether oxygens (including phenoxy) is 2. The number of carbonyl (C=O) groups excluding carboxylic acids is 1. The van der Waals surface area contributed by atoms with Crippen LogP contribution in [0.4, 0.5) is 0 Å². The van der Waals surface area contributed by atoms with Crippen LogP contribution in [0.1, 0.15) is 11.1 Å². The number of rotatable bonds is 4. The Kier molecular flexibility index (Phi) is 5.89. The minimum Gasteiger partial charge on any atom is -0.454 e. The molecule has 1 fully saturated rings. The second-order valence-electron chi connectivity index (χ2n) is 5.69. The van der Waals surface area contributed by atoms with E-state index < -0.39 is 0 Å². The van der Waals surface area contributed by atoms with Gasteiger partial charge in [-0.05, 0) is 23.8 Å². The number of H-pyrrole nitrogens is 1. The maximum atomic E-state index is 12.3. The lowest BCUT2D eigenvalue weighted by atomic mass is 10.1. The molecule has 1 amide bonds. The minimum atomic E-state index is 0.0409. The zero-order valence-electron chi connectivity index (χ0n) is 13.8. The summed E-state index contributed by atoms with van der Waals surface area (Å²) in [5.74, 6) is 0.765. The summed E-state index contributed by atoms with van der Waals surface area (Å²) >= 11 is 11.4. The van der Waals surface area contributed by atoms with Crippen molar-refractivity contribution in [2.24, 2.45) is 0 Å². The van der Waals surface area contributed by atoms with Crippen molar-refractivity contribution in [2.75, 3.05) is 26.3 Å². The number of hydrogen-bond acceptors (Lipinski definition) is 5. The lowest BCUT2D eigenvalue weighted by molar-refractivity contribution is -0.134. The molecule has 0 unspecified atom stereocenters. The monoisotopic (exact) mass is 389 g/mol. The summed E-state index contributed by atoms with van der Waals surface area (Å²) in [6.07, 6.45) is 1.86. The van der Waals surface area contributed by atoms with E-state index in [1.54, 1.807) is 35.4 Å². The Morgan fingerprint density at radius 3 is 2.81 bits per heavy atom. The highest BCUT2D eigenvalue weighted by atomic mass is 35.5. The Bertz CT molecular complexity index is 917. The summed E-state index contributed by atoms with van der Waals surface area (Å²) in [6.45, 7) is 2.36. The van der Waals surface area contributed by atoms with E-state index in [-0.39, 0.29) is 17.9 Å². The molecular formula is C18H16ClN3O3S. The molecule has 1 N–H and O–H groups in total. The van der Waals surface area contributed by atoms with E-state index in [2.05, 4.69) is 4.98 Å². The van der Waals surface area contributed by atoms with Crippen molar-refractivity contribution in [3.63, 3.8) is 0 Å². The number of morpholine rings is 1. The van der Waals surface area contributed by atoms with Crippen LogP contribution in [0, 0.1) is 16.0 Å². The predicted octanol–water partition coefficient (Wildman–Crippen LogP) is 3.46. The van der Waals surface area contributed by atoms with Crippen LogP contribution in [0.5, 0.6) is 11.5 Å². The highest BCUT2D eigenvalue weighted by Gasteiger charge is 2.18. The van der Waals surface area contributed by atoms with Gasteiger partial charge in [0.25, 0.3) is 0 Å². The first kappa shape index (κ1) is 18.4. The fourth-order valence-electron chi connectivity index (χ4n) is 2.61. The Labute approximate surface area is 160 Å². The molecule has 0 saturated carbocycles. The van der Waals surface area contributed by atoms with Gasteiger partial charge in [-0.2, -0.15) is 5.26 Å². The number of carbonyl (C=O) groups is 1. The molecule has 3 rings (SSSR count). The van der Waals surface area contributed by atoms with Crippen LogP contribution in [0.2, 0.25) is 5.02 Å². The molecule has 0 atom stereocenters. The van der Waals surface area contributed by atoms with E-state index in [9.17, 15) is 10.1 Å². The predicted molar refractivity (Wildman–Crippen MR) is 99.0 cm³/mol. The summed E-state index contributed by atoms with van der Waals surface area (Å²) in [5.41, 5.74) is 1.04. The fourth-order valence-corrected chi connectivity index (χ4v) is 3.06. The number of nitrogens with zero attached hydrogens (tertiary/aromatic N) is 2. The topological polar surface area (TPSA) is 78.3 Å². The van der Waals surface area contributed by atoms with Gasteiger partial charge in [-0.25, -0.2) is 0 Å². The van der Waals surface area contributed by atoms with E-state index in [1.165, 1.54) is 0 Å². The lowest BCUT2D eigenvalue weighted by Gasteiger charge is -2.26. The molecule has 8 heteroatoms. The summed E-state index contributed by atoms with van der Waals surface area (Å²) in [6, 6.07) is 8.80. The van der Waals surface area contributed by atoms with Gasteiger partial charge in [-0.15, -0.1) is 0 Å². The molecule has 0 radical (unpaired) electrons. The number of halogens is 1. The third kappa shape index (κ3) is 4.22. The molecule has 1 aliphatic rings. The van der Waals surface area contributed by atoms with Crippen molar-refractivity contribution in [2.45, 2.75) is 6.42 Å². The first-order valence-electron chi connectivity index (χ1n) is 8.02. The Hall–Kier alpha value is -2.40. The van der Waals surface area contributed by atoms with Crippen molar-refractivity contribution in [1.29, 1.82) is 5.26 Å². The minimum absolute atomic E-state index is 0.0409. The number of hydrogen-bond donors (Lipinski definition) is 1. The van der Waals surface area contributed by atoms with Gasteiger partial charge >= 0.3 is 0 Å². The number of aromatic nitrogens is 1.